The number of hydrogen-bond donors (Lipinski definition) is 3. The summed E-state index contributed by atoms with van der Waals surface area (Å²) in [6, 6.07) is 1.26. The van der Waals surface area contributed by atoms with Gasteiger partial charge in [-0.15, -0.1) is 0 Å². The molecular weight excluding hydrogens is 196 g/mol. The van der Waals surface area contributed by atoms with E-state index in [1.54, 1.807) is 23.0 Å². The number of aromatic nitrogens is 1. The lowest BCUT2D eigenvalue weighted by Gasteiger charge is -2.22. The van der Waals surface area contributed by atoms with Crippen molar-refractivity contribution in [2.45, 2.75) is 5.54 Å². The summed E-state index contributed by atoms with van der Waals surface area (Å²) in [6.45, 7) is 0.0363. The first-order chi connectivity index (χ1) is 7.08. The maximum atomic E-state index is 11.7. The molecule has 6 nitrogen and oxygen atoms in total. The van der Waals surface area contributed by atoms with Crippen molar-refractivity contribution in [2.75, 3.05) is 6.54 Å². The van der Waals surface area contributed by atoms with Crippen LogP contribution in [0.3, 0.4) is 0 Å². The monoisotopic (exact) mass is 208 g/mol. The van der Waals surface area contributed by atoms with Gasteiger partial charge in [0.2, 0.25) is 0 Å². The Balaban J connectivity index is 2.46. The molecule has 3 amide bonds. The highest BCUT2D eigenvalue weighted by molar-refractivity contribution is 6.07. The van der Waals surface area contributed by atoms with Gasteiger partial charge >= 0.3 is 6.03 Å². The number of imide groups is 1. The van der Waals surface area contributed by atoms with Crippen LogP contribution in [-0.2, 0) is 17.4 Å². The Morgan fingerprint density at radius 3 is 2.67 bits per heavy atom. The Kier molecular flexibility index (Phi) is 2.01. The van der Waals surface area contributed by atoms with Gasteiger partial charge < -0.3 is 15.6 Å². The van der Waals surface area contributed by atoms with Crippen LogP contribution in [0.1, 0.15) is 5.56 Å². The summed E-state index contributed by atoms with van der Waals surface area (Å²) in [5, 5.41) is 4.75. The van der Waals surface area contributed by atoms with Gasteiger partial charge in [0.15, 0.2) is 5.54 Å². The first-order valence-electron chi connectivity index (χ1n) is 4.54. The Morgan fingerprint density at radius 1 is 1.53 bits per heavy atom. The van der Waals surface area contributed by atoms with E-state index in [0.717, 1.165) is 0 Å². The number of urea groups is 1. The SMILES string of the molecule is Cn1ccc(C2(CN)NC(=O)NC2=O)c1. The van der Waals surface area contributed by atoms with Crippen LogP contribution < -0.4 is 16.4 Å². The number of rotatable bonds is 2. The van der Waals surface area contributed by atoms with Crippen LogP contribution in [0.15, 0.2) is 18.5 Å². The smallest absolute Gasteiger partial charge is 0.322 e. The third-order valence-corrected chi connectivity index (χ3v) is 2.57. The molecule has 0 aliphatic carbocycles. The summed E-state index contributed by atoms with van der Waals surface area (Å²) in [7, 11) is 1.84. The second kappa shape index (κ2) is 3.09. The summed E-state index contributed by atoms with van der Waals surface area (Å²) >= 11 is 0. The molecule has 0 radical (unpaired) electrons. The molecular formula is C9H12N4O2. The van der Waals surface area contributed by atoms with Crippen LogP contribution in [0.4, 0.5) is 4.79 Å². The number of aryl methyl sites for hydroxylation is 1. The maximum absolute atomic E-state index is 11.7. The number of nitrogens with zero attached hydrogens (tertiary/aromatic N) is 1. The highest BCUT2D eigenvalue weighted by atomic mass is 16.2. The number of amides is 3. The third kappa shape index (κ3) is 1.30. The van der Waals surface area contributed by atoms with Crippen molar-refractivity contribution >= 4 is 11.9 Å². The van der Waals surface area contributed by atoms with Crippen molar-refractivity contribution in [2.24, 2.45) is 12.8 Å². The maximum Gasteiger partial charge on any atom is 0.322 e. The first kappa shape index (κ1) is 9.72. The molecule has 15 heavy (non-hydrogen) atoms. The highest BCUT2D eigenvalue weighted by Gasteiger charge is 2.47. The zero-order valence-corrected chi connectivity index (χ0v) is 8.28. The van der Waals surface area contributed by atoms with E-state index < -0.39 is 17.5 Å². The first-order valence-corrected chi connectivity index (χ1v) is 4.54. The molecule has 0 bridgehead atoms. The summed E-state index contributed by atoms with van der Waals surface area (Å²) in [6.07, 6.45) is 3.56. The molecule has 0 spiro atoms. The number of carbonyl (C=O) groups is 2. The van der Waals surface area contributed by atoms with Gasteiger partial charge in [0, 0.05) is 31.5 Å². The van der Waals surface area contributed by atoms with Gasteiger partial charge in [-0.1, -0.05) is 0 Å². The second-order valence-electron chi connectivity index (χ2n) is 3.58. The molecule has 0 aromatic carbocycles. The molecule has 1 atom stereocenters. The summed E-state index contributed by atoms with van der Waals surface area (Å²) in [5.41, 5.74) is 5.16. The predicted octanol–water partition coefficient (Wildman–Crippen LogP) is -0.981. The Bertz CT molecular complexity index is 426. The largest absolute Gasteiger partial charge is 0.357 e. The average Bonchev–Trinajstić information content (AvgIpc) is 2.71. The molecule has 1 aliphatic rings. The molecule has 1 saturated heterocycles. The second-order valence-corrected chi connectivity index (χ2v) is 3.58. The van der Waals surface area contributed by atoms with Crippen LogP contribution in [-0.4, -0.2) is 23.1 Å². The van der Waals surface area contributed by atoms with Gasteiger partial charge in [0.1, 0.15) is 0 Å². The lowest BCUT2D eigenvalue weighted by Crippen LogP contribution is -2.49. The van der Waals surface area contributed by atoms with Gasteiger partial charge in [0.25, 0.3) is 5.91 Å². The molecule has 1 unspecified atom stereocenters. The molecule has 1 aromatic rings. The van der Waals surface area contributed by atoms with Crippen molar-refractivity contribution in [3.63, 3.8) is 0 Å². The Labute approximate surface area is 86.4 Å². The molecule has 80 valence electrons. The van der Waals surface area contributed by atoms with Crippen LogP contribution in [0.25, 0.3) is 0 Å². The van der Waals surface area contributed by atoms with E-state index in [0.29, 0.717) is 5.56 Å². The van der Waals surface area contributed by atoms with E-state index in [9.17, 15) is 9.59 Å². The van der Waals surface area contributed by atoms with E-state index >= 15 is 0 Å². The number of hydrogen-bond acceptors (Lipinski definition) is 3. The summed E-state index contributed by atoms with van der Waals surface area (Å²) in [4.78, 5) is 22.8. The molecule has 1 aromatic heterocycles. The molecule has 6 heteroatoms. The highest BCUT2D eigenvalue weighted by Crippen LogP contribution is 2.23. The summed E-state index contributed by atoms with van der Waals surface area (Å²) < 4.78 is 1.80. The minimum absolute atomic E-state index is 0.0363. The number of carbonyl (C=O) groups excluding carboxylic acids is 2. The van der Waals surface area contributed by atoms with Crippen LogP contribution in [0.2, 0.25) is 0 Å². The zero-order valence-electron chi connectivity index (χ0n) is 8.28. The third-order valence-electron chi connectivity index (χ3n) is 2.57. The minimum atomic E-state index is -1.11. The number of nitrogens with two attached hydrogens (primary N) is 1. The van der Waals surface area contributed by atoms with Gasteiger partial charge in [-0.2, -0.15) is 0 Å². The standard InChI is InChI=1S/C9H12N4O2/c1-13-3-2-6(4-13)9(5-10)7(14)11-8(15)12-9/h2-4H,5,10H2,1H3,(H2,11,12,14,15). The predicted molar refractivity (Wildman–Crippen MR) is 52.8 cm³/mol. The normalized spacial score (nSPS) is 25.2. The molecule has 2 heterocycles. The molecule has 1 aliphatic heterocycles. The quantitative estimate of drug-likeness (QED) is 0.546. The van der Waals surface area contributed by atoms with Crippen molar-refractivity contribution in [3.05, 3.63) is 24.0 Å². The van der Waals surface area contributed by atoms with Gasteiger partial charge in [0.05, 0.1) is 0 Å². The topological polar surface area (TPSA) is 89.2 Å². The van der Waals surface area contributed by atoms with Gasteiger partial charge in [-0.3, -0.25) is 10.1 Å². The van der Waals surface area contributed by atoms with Crippen LogP contribution in [0, 0.1) is 0 Å². The van der Waals surface area contributed by atoms with Crippen molar-refractivity contribution in [3.8, 4) is 0 Å². The molecule has 4 N–H and O–H groups in total. The van der Waals surface area contributed by atoms with E-state index in [1.807, 2.05) is 7.05 Å². The van der Waals surface area contributed by atoms with E-state index in [2.05, 4.69) is 10.6 Å². The average molecular weight is 208 g/mol. The lowest BCUT2D eigenvalue weighted by atomic mass is 9.92. The van der Waals surface area contributed by atoms with E-state index in [4.69, 9.17) is 5.73 Å². The lowest BCUT2D eigenvalue weighted by molar-refractivity contribution is -0.123. The number of nitrogens with one attached hydrogen (secondary N) is 2. The fourth-order valence-electron chi connectivity index (χ4n) is 1.71. The zero-order chi connectivity index (χ0) is 11.1. The molecule has 1 fully saturated rings. The summed E-state index contributed by atoms with van der Waals surface area (Å²) in [5.74, 6) is -0.402. The van der Waals surface area contributed by atoms with Crippen molar-refractivity contribution < 1.29 is 9.59 Å². The fraction of sp³-hybridized carbons (Fsp3) is 0.333. The van der Waals surface area contributed by atoms with Crippen molar-refractivity contribution in [1.82, 2.24) is 15.2 Å². The van der Waals surface area contributed by atoms with Crippen molar-refractivity contribution in [1.29, 1.82) is 0 Å². The van der Waals surface area contributed by atoms with E-state index in [-0.39, 0.29) is 6.54 Å². The van der Waals surface area contributed by atoms with E-state index in [1.165, 1.54) is 0 Å². The fourth-order valence-corrected chi connectivity index (χ4v) is 1.71. The van der Waals surface area contributed by atoms with Gasteiger partial charge in [-0.25, -0.2) is 4.79 Å². The Hall–Kier alpha value is -1.82. The minimum Gasteiger partial charge on any atom is -0.357 e. The van der Waals surface area contributed by atoms with Crippen LogP contribution >= 0.6 is 0 Å². The van der Waals surface area contributed by atoms with Gasteiger partial charge in [-0.05, 0) is 6.07 Å². The Morgan fingerprint density at radius 2 is 2.27 bits per heavy atom. The molecule has 2 rings (SSSR count). The molecule has 0 saturated carbocycles. The van der Waals surface area contributed by atoms with Crippen LogP contribution in [0.5, 0.6) is 0 Å².